The lowest BCUT2D eigenvalue weighted by atomic mass is 10.3. The van der Waals surface area contributed by atoms with E-state index in [0.717, 1.165) is 23.4 Å². The number of para-hydroxylation sites is 2. The normalized spacial score (nSPS) is 11.1. The van der Waals surface area contributed by atoms with Crippen molar-refractivity contribution < 1.29 is 0 Å². The number of hydrogen-bond donors (Lipinski definition) is 1. The van der Waals surface area contributed by atoms with E-state index in [0.29, 0.717) is 4.77 Å². The molecule has 1 aromatic carbocycles. The van der Waals surface area contributed by atoms with Gasteiger partial charge >= 0.3 is 0 Å². The molecule has 0 amide bonds. The highest BCUT2D eigenvalue weighted by atomic mass is 32.1. The van der Waals surface area contributed by atoms with Gasteiger partial charge in [0.05, 0.1) is 11.0 Å². The Labute approximate surface area is 104 Å². The van der Waals surface area contributed by atoms with Crippen LogP contribution < -0.4 is 0 Å². The molecule has 0 bridgehead atoms. The standard InChI is InChI=1S/C12H12N4S/c1-2-15-8-7-11(14-15)16-10-6-4-3-5-9(10)13-12(16)17/h3-8H,2H2,1H3,(H,13,17). The van der Waals surface area contributed by atoms with Crippen LogP contribution in [0.5, 0.6) is 0 Å². The molecule has 0 saturated carbocycles. The molecule has 2 aromatic heterocycles. The molecule has 86 valence electrons. The molecule has 0 spiro atoms. The average Bonchev–Trinajstić information content (AvgIpc) is 2.91. The Bertz CT molecular complexity index is 719. The molecular weight excluding hydrogens is 232 g/mol. The van der Waals surface area contributed by atoms with Crippen LogP contribution in [-0.4, -0.2) is 19.3 Å². The summed E-state index contributed by atoms with van der Waals surface area (Å²) in [5.41, 5.74) is 2.09. The number of H-pyrrole nitrogens is 1. The number of nitrogens with one attached hydrogen (secondary N) is 1. The topological polar surface area (TPSA) is 38.5 Å². The van der Waals surface area contributed by atoms with E-state index in [-0.39, 0.29) is 0 Å². The van der Waals surface area contributed by atoms with Gasteiger partial charge in [-0.15, -0.1) is 0 Å². The van der Waals surface area contributed by atoms with E-state index in [1.807, 2.05) is 45.8 Å². The van der Waals surface area contributed by atoms with Gasteiger partial charge in [0.1, 0.15) is 0 Å². The summed E-state index contributed by atoms with van der Waals surface area (Å²) in [7, 11) is 0. The van der Waals surface area contributed by atoms with Gasteiger partial charge in [0, 0.05) is 18.8 Å². The Morgan fingerprint density at radius 2 is 2.12 bits per heavy atom. The van der Waals surface area contributed by atoms with Crippen molar-refractivity contribution in [3.8, 4) is 5.82 Å². The summed E-state index contributed by atoms with van der Waals surface area (Å²) >= 11 is 5.34. The van der Waals surface area contributed by atoms with E-state index >= 15 is 0 Å². The van der Waals surface area contributed by atoms with Crippen LogP contribution in [0, 0.1) is 4.77 Å². The molecule has 4 nitrogen and oxygen atoms in total. The first-order valence-corrected chi connectivity index (χ1v) is 5.94. The molecule has 0 aliphatic carbocycles. The highest BCUT2D eigenvalue weighted by Gasteiger charge is 2.07. The number of hydrogen-bond acceptors (Lipinski definition) is 2. The molecule has 3 aromatic rings. The first-order chi connectivity index (χ1) is 8.29. The number of fused-ring (bicyclic) bond motifs is 1. The fourth-order valence-corrected chi connectivity index (χ4v) is 2.23. The molecule has 0 radical (unpaired) electrons. The number of nitrogens with zero attached hydrogens (tertiary/aromatic N) is 3. The molecule has 0 saturated heterocycles. The van der Waals surface area contributed by atoms with Gasteiger partial charge in [-0.2, -0.15) is 5.10 Å². The SMILES string of the molecule is CCn1ccc(-n2c(=S)[nH]c3ccccc32)n1. The molecule has 3 rings (SSSR count). The summed E-state index contributed by atoms with van der Waals surface area (Å²) in [5, 5.41) is 4.48. The summed E-state index contributed by atoms with van der Waals surface area (Å²) in [6, 6.07) is 10.0. The molecule has 0 fully saturated rings. The zero-order valence-electron chi connectivity index (χ0n) is 9.42. The van der Waals surface area contributed by atoms with Gasteiger partial charge in [-0.25, -0.2) is 0 Å². The summed E-state index contributed by atoms with van der Waals surface area (Å²) < 4.78 is 4.52. The van der Waals surface area contributed by atoms with Gasteiger partial charge < -0.3 is 4.98 Å². The Morgan fingerprint density at radius 3 is 2.88 bits per heavy atom. The molecule has 5 heteroatoms. The highest BCUT2D eigenvalue weighted by molar-refractivity contribution is 7.71. The molecular formula is C12H12N4S. The molecule has 0 atom stereocenters. The predicted octanol–water partition coefficient (Wildman–Crippen LogP) is 2.90. The lowest BCUT2D eigenvalue weighted by molar-refractivity contribution is 0.653. The number of benzene rings is 1. The maximum atomic E-state index is 5.34. The lowest BCUT2D eigenvalue weighted by Gasteiger charge is -1.99. The minimum atomic E-state index is 0.674. The van der Waals surface area contributed by atoms with Crippen molar-refractivity contribution in [2.75, 3.05) is 0 Å². The van der Waals surface area contributed by atoms with Gasteiger partial charge in [0.25, 0.3) is 0 Å². The maximum Gasteiger partial charge on any atom is 0.184 e. The van der Waals surface area contributed by atoms with Crippen molar-refractivity contribution in [3.63, 3.8) is 0 Å². The minimum Gasteiger partial charge on any atom is -0.330 e. The summed E-state index contributed by atoms with van der Waals surface area (Å²) in [6.07, 6.45) is 1.96. The van der Waals surface area contributed by atoms with Crippen LogP contribution in [0.2, 0.25) is 0 Å². The molecule has 0 unspecified atom stereocenters. The largest absolute Gasteiger partial charge is 0.330 e. The van der Waals surface area contributed by atoms with Gasteiger partial charge in [0.2, 0.25) is 0 Å². The molecule has 17 heavy (non-hydrogen) atoms. The third-order valence-corrected chi connectivity index (χ3v) is 3.05. The minimum absolute atomic E-state index is 0.674. The molecule has 2 heterocycles. The summed E-state index contributed by atoms with van der Waals surface area (Å²) in [4.78, 5) is 3.18. The summed E-state index contributed by atoms with van der Waals surface area (Å²) in [6.45, 7) is 2.92. The molecule has 1 N–H and O–H groups in total. The van der Waals surface area contributed by atoms with Crippen LogP contribution in [0.1, 0.15) is 6.92 Å². The van der Waals surface area contributed by atoms with Crippen molar-refractivity contribution >= 4 is 23.3 Å². The average molecular weight is 244 g/mol. The zero-order valence-corrected chi connectivity index (χ0v) is 10.2. The Morgan fingerprint density at radius 1 is 1.29 bits per heavy atom. The second kappa shape index (κ2) is 3.85. The second-order valence-corrected chi connectivity index (χ2v) is 4.20. The van der Waals surface area contributed by atoms with Crippen LogP contribution in [0.25, 0.3) is 16.9 Å². The van der Waals surface area contributed by atoms with Crippen LogP contribution in [-0.2, 0) is 6.54 Å². The van der Waals surface area contributed by atoms with Gasteiger partial charge in [-0.05, 0) is 31.3 Å². The number of aryl methyl sites for hydroxylation is 1. The molecule has 0 aliphatic heterocycles. The van der Waals surface area contributed by atoms with Gasteiger partial charge in [-0.1, -0.05) is 12.1 Å². The van der Waals surface area contributed by atoms with Crippen LogP contribution in [0.15, 0.2) is 36.5 Å². The van der Waals surface area contributed by atoms with Crippen molar-refractivity contribution in [3.05, 3.63) is 41.3 Å². The van der Waals surface area contributed by atoms with E-state index in [1.165, 1.54) is 0 Å². The fraction of sp³-hybridized carbons (Fsp3) is 0.167. The third-order valence-electron chi connectivity index (χ3n) is 2.77. The van der Waals surface area contributed by atoms with Crippen LogP contribution >= 0.6 is 12.2 Å². The van der Waals surface area contributed by atoms with Crippen molar-refractivity contribution in [2.24, 2.45) is 0 Å². The first kappa shape index (κ1) is 10.3. The van der Waals surface area contributed by atoms with E-state index in [4.69, 9.17) is 12.2 Å². The van der Waals surface area contributed by atoms with Gasteiger partial charge in [0.15, 0.2) is 10.6 Å². The Hall–Kier alpha value is -1.88. The van der Waals surface area contributed by atoms with E-state index in [1.54, 1.807) is 0 Å². The van der Waals surface area contributed by atoms with E-state index in [9.17, 15) is 0 Å². The number of aromatic amines is 1. The van der Waals surface area contributed by atoms with Crippen LogP contribution in [0.4, 0.5) is 0 Å². The third kappa shape index (κ3) is 1.59. The molecule has 0 aliphatic rings. The zero-order chi connectivity index (χ0) is 11.8. The van der Waals surface area contributed by atoms with Crippen molar-refractivity contribution in [1.82, 2.24) is 19.3 Å². The monoisotopic (exact) mass is 244 g/mol. The van der Waals surface area contributed by atoms with Gasteiger partial charge in [-0.3, -0.25) is 9.25 Å². The van der Waals surface area contributed by atoms with E-state index in [2.05, 4.69) is 17.0 Å². The summed E-state index contributed by atoms with van der Waals surface area (Å²) in [5.74, 6) is 0.856. The van der Waals surface area contributed by atoms with Crippen molar-refractivity contribution in [1.29, 1.82) is 0 Å². The van der Waals surface area contributed by atoms with Crippen molar-refractivity contribution in [2.45, 2.75) is 13.5 Å². The number of rotatable bonds is 2. The Kier molecular flexibility index (Phi) is 2.33. The van der Waals surface area contributed by atoms with E-state index < -0.39 is 0 Å². The lowest BCUT2D eigenvalue weighted by Crippen LogP contribution is -1.99. The number of aromatic nitrogens is 4. The second-order valence-electron chi connectivity index (χ2n) is 3.81. The quantitative estimate of drug-likeness (QED) is 0.704. The number of imidazole rings is 1. The Balaban J connectivity index is 2.29. The first-order valence-electron chi connectivity index (χ1n) is 5.53. The highest BCUT2D eigenvalue weighted by Crippen LogP contribution is 2.17. The smallest absolute Gasteiger partial charge is 0.184 e. The predicted molar refractivity (Wildman–Crippen MR) is 69.9 cm³/mol. The maximum absolute atomic E-state index is 5.34. The fourth-order valence-electron chi connectivity index (χ4n) is 1.93. The van der Waals surface area contributed by atoms with Crippen LogP contribution in [0.3, 0.4) is 0 Å².